The molecule has 0 amide bonds. The summed E-state index contributed by atoms with van der Waals surface area (Å²) < 4.78 is 3.69. The van der Waals surface area contributed by atoms with Crippen molar-refractivity contribution in [3.63, 3.8) is 0 Å². The molecule has 0 aliphatic heterocycles. The summed E-state index contributed by atoms with van der Waals surface area (Å²) in [5.41, 5.74) is 10.8. The van der Waals surface area contributed by atoms with Crippen LogP contribution in [0.2, 0.25) is 0 Å². The van der Waals surface area contributed by atoms with Crippen molar-refractivity contribution in [2.24, 2.45) is 21.0 Å². The summed E-state index contributed by atoms with van der Waals surface area (Å²) in [4.78, 5) is 0. The van der Waals surface area contributed by atoms with Crippen molar-refractivity contribution in [3.05, 3.63) is 11.6 Å². The molecule has 5 nitrogen and oxygen atoms in total. The van der Waals surface area contributed by atoms with Crippen LogP contribution in [0, 0.1) is 0 Å². The molecule has 62 valence electrons. The molecule has 11 heavy (non-hydrogen) atoms. The SMILES string of the molecule is C=C(N)SN=C(N)/C(C)=N/O. The number of nitrogens with two attached hydrogens (primary N) is 2. The van der Waals surface area contributed by atoms with Crippen LogP contribution in [-0.2, 0) is 0 Å². The zero-order chi connectivity index (χ0) is 8.85. The summed E-state index contributed by atoms with van der Waals surface area (Å²) in [5, 5.41) is 11.4. The molecule has 0 saturated carbocycles. The second-order valence-corrected chi connectivity index (χ2v) is 2.61. The summed E-state index contributed by atoms with van der Waals surface area (Å²) in [5.74, 6) is 0.129. The van der Waals surface area contributed by atoms with Gasteiger partial charge in [0.1, 0.15) is 5.71 Å². The fourth-order valence-electron chi connectivity index (χ4n) is 0.225. The largest absolute Gasteiger partial charge is 0.411 e. The van der Waals surface area contributed by atoms with Crippen LogP contribution in [0.3, 0.4) is 0 Å². The molecule has 5 N–H and O–H groups in total. The Labute approximate surface area is 69.0 Å². The topological polar surface area (TPSA) is 97.0 Å². The molecule has 0 saturated heterocycles. The molecule has 0 aromatic rings. The van der Waals surface area contributed by atoms with Crippen LogP contribution in [0.1, 0.15) is 6.92 Å². The highest BCUT2D eigenvalue weighted by Crippen LogP contribution is 2.07. The lowest BCUT2D eigenvalue weighted by atomic mass is 10.4. The predicted molar refractivity (Wildman–Crippen MR) is 47.4 cm³/mol. The number of rotatable bonds is 3. The Bertz CT molecular complexity index is 211. The van der Waals surface area contributed by atoms with Crippen LogP contribution in [0.25, 0.3) is 0 Å². The van der Waals surface area contributed by atoms with E-state index in [1.54, 1.807) is 0 Å². The van der Waals surface area contributed by atoms with Crippen LogP contribution < -0.4 is 11.5 Å². The minimum atomic E-state index is 0.129. The Morgan fingerprint density at radius 2 is 2.09 bits per heavy atom. The minimum absolute atomic E-state index is 0.129. The van der Waals surface area contributed by atoms with Gasteiger partial charge < -0.3 is 16.7 Å². The molecule has 0 spiro atoms. The van der Waals surface area contributed by atoms with Gasteiger partial charge in [0.05, 0.1) is 5.03 Å². The standard InChI is InChI=1S/C5H10N4OS/c1-3(8-10)5(7)9-11-4(2)6/h10H,2,6H2,1H3,(H2,7,9)/b8-3+. The lowest BCUT2D eigenvalue weighted by molar-refractivity contribution is 0.320. The van der Waals surface area contributed by atoms with E-state index in [1.807, 2.05) is 0 Å². The van der Waals surface area contributed by atoms with Gasteiger partial charge in [-0.05, 0) is 6.92 Å². The van der Waals surface area contributed by atoms with Gasteiger partial charge in [0, 0.05) is 11.9 Å². The monoisotopic (exact) mass is 174 g/mol. The summed E-state index contributed by atoms with van der Waals surface area (Å²) in [7, 11) is 0. The van der Waals surface area contributed by atoms with Gasteiger partial charge in [0.25, 0.3) is 0 Å². The highest BCUT2D eigenvalue weighted by atomic mass is 32.2. The van der Waals surface area contributed by atoms with Gasteiger partial charge in [0.15, 0.2) is 5.84 Å². The average Bonchev–Trinajstić information content (AvgIpc) is 1.98. The lowest BCUT2D eigenvalue weighted by Gasteiger charge is -1.95. The second-order valence-electron chi connectivity index (χ2n) is 1.72. The van der Waals surface area contributed by atoms with Gasteiger partial charge >= 0.3 is 0 Å². The number of oxime groups is 1. The molecule has 0 unspecified atom stereocenters. The number of hydrogen-bond donors (Lipinski definition) is 3. The van der Waals surface area contributed by atoms with Crippen molar-refractivity contribution >= 4 is 23.5 Å². The smallest absolute Gasteiger partial charge is 0.156 e. The van der Waals surface area contributed by atoms with E-state index >= 15 is 0 Å². The molecule has 0 aliphatic carbocycles. The van der Waals surface area contributed by atoms with E-state index in [0.29, 0.717) is 5.03 Å². The van der Waals surface area contributed by atoms with Gasteiger partial charge in [-0.2, -0.15) is 4.40 Å². The number of nitrogens with zero attached hydrogens (tertiary/aromatic N) is 2. The highest BCUT2D eigenvalue weighted by Gasteiger charge is 1.96. The summed E-state index contributed by atoms with van der Waals surface area (Å²) >= 11 is 0.937. The normalized spacial score (nSPS) is 13.2. The fourth-order valence-corrected chi connectivity index (χ4v) is 0.573. The summed E-state index contributed by atoms with van der Waals surface area (Å²) in [6.07, 6.45) is 0. The van der Waals surface area contributed by atoms with Crippen molar-refractivity contribution in [2.75, 3.05) is 0 Å². The molecule has 0 aromatic carbocycles. The van der Waals surface area contributed by atoms with Gasteiger partial charge in [-0.15, -0.1) is 0 Å². The molecule has 6 heteroatoms. The highest BCUT2D eigenvalue weighted by molar-refractivity contribution is 8.01. The van der Waals surface area contributed by atoms with Crippen LogP contribution in [0.15, 0.2) is 21.2 Å². The zero-order valence-electron chi connectivity index (χ0n) is 6.11. The van der Waals surface area contributed by atoms with Crippen molar-refractivity contribution in [2.45, 2.75) is 6.92 Å². The van der Waals surface area contributed by atoms with E-state index in [9.17, 15) is 0 Å². The Kier molecular flexibility index (Phi) is 4.12. The molecular weight excluding hydrogens is 164 g/mol. The molecule has 0 atom stereocenters. The van der Waals surface area contributed by atoms with Crippen molar-refractivity contribution in [1.82, 2.24) is 0 Å². The van der Waals surface area contributed by atoms with E-state index in [4.69, 9.17) is 16.7 Å². The Morgan fingerprint density at radius 3 is 2.45 bits per heavy atom. The molecule has 0 rings (SSSR count). The Hall–Kier alpha value is -1.17. The van der Waals surface area contributed by atoms with E-state index in [-0.39, 0.29) is 11.5 Å². The van der Waals surface area contributed by atoms with Crippen LogP contribution in [0.4, 0.5) is 0 Å². The first-order valence-electron chi connectivity index (χ1n) is 2.71. The van der Waals surface area contributed by atoms with Crippen LogP contribution in [0.5, 0.6) is 0 Å². The van der Waals surface area contributed by atoms with Crippen molar-refractivity contribution in [3.8, 4) is 0 Å². The van der Waals surface area contributed by atoms with Gasteiger partial charge in [-0.3, -0.25) is 0 Å². The maximum atomic E-state index is 8.23. The second kappa shape index (κ2) is 4.62. The maximum Gasteiger partial charge on any atom is 0.156 e. The summed E-state index contributed by atoms with van der Waals surface area (Å²) in [6.45, 7) is 4.91. The van der Waals surface area contributed by atoms with E-state index < -0.39 is 0 Å². The molecule has 0 aliphatic rings. The first kappa shape index (κ1) is 9.83. The summed E-state index contributed by atoms with van der Waals surface area (Å²) in [6, 6.07) is 0. The fraction of sp³-hybridized carbons (Fsp3) is 0.200. The molecular formula is C5H10N4OS. The number of amidine groups is 1. The van der Waals surface area contributed by atoms with Crippen LogP contribution >= 0.6 is 11.9 Å². The van der Waals surface area contributed by atoms with Crippen LogP contribution in [-0.4, -0.2) is 16.8 Å². The predicted octanol–water partition coefficient (Wildman–Crippen LogP) is 0.272. The third-order valence-corrected chi connectivity index (χ3v) is 1.30. The Balaban J connectivity index is 4.12. The molecule has 0 radical (unpaired) electrons. The number of hydrogen-bond acceptors (Lipinski definition) is 5. The first-order chi connectivity index (χ1) is 5.07. The Morgan fingerprint density at radius 1 is 1.55 bits per heavy atom. The zero-order valence-corrected chi connectivity index (χ0v) is 6.93. The average molecular weight is 174 g/mol. The molecule has 0 heterocycles. The first-order valence-corrected chi connectivity index (χ1v) is 3.49. The maximum absolute atomic E-state index is 8.23. The molecule has 0 fully saturated rings. The molecule has 0 bridgehead atoms. The van der Waals surface area contributed by atoms with E-state index in [0.717, 1.165) is 11.9 Å². The van der Waals surface area contributed by atoms with E-state index in [2.05, 4.69) is 16.1 Å². The van der Waals surface area contributed by atoms with Crippen molar-refractivity contribution < 1.29 is 5.21 Å². The lowest BCUT2D eigenvalue weighted by Crippen LogP contribution is -2.20. The van der Waals surface area contributed by atoms with Crippen molar-refractivity contribution in [1.29, 1.82) is 0 Å². The third-order valence-electron chi connectivity index (χ3n) is 0.782. The third kappa shape index (κ3) is 4.26. The van der Waals surface area contributed by atoms with Gasteiger partial charge in [0.2, 0.25) is 0 Å². The minimum Gasteiger partial charge on any atom is -0.411 e. The molecule has 0 aromatic heterocycles. The quantitative estimate of drug-likeness (QED) is 0.188. The van der Waals surface area contributed by atoms with Gasteiger partial charge in [-0.1, -0.05) is 11.7 Å². The van der Waals surface area contributed by atoms with Gasteiger partial charge in [-0.25, -0.2) is 0 Å². The van der Waals surface area contributed by atoms with E-state index in [1.165, 1.54) is 6.92 Å².